The van der Waals surface area contributed by atoms with Crippen LogP contribution in [0.5, 0.6) is 0 Å². The van der Waals surface area contributed by atoms with Crippen molar-refractivity contribution in [3.05, 3.63) is 0 Å². The van der Waals surface area contributed by atoms with Gasteiger partial charge >= 0.3 is 0 Å². The summed E-state index contributed by atoms with van der Waals surface area (Å²) in [5.41, 5.74) is -1.79. The third-order valence-electron chi connectivity index (χ3n) is 4.40. The van der Waals surface area contributed by atoms with Gasteiger partial charge in [0, 0.05) is 6.61 Å². The number of ether oxygens (including phenoxy) is 7. The first-order chi connectivity index (χ1) is 16.6. The highest BCUT2D eigenvalue weighted by molar-refractivity contribution is 5.51. The molecule has 0 aromatic rings. The SMILES string of the molecule is CCOCC(COCC=O)(COCC=O)COCC(COCC=O)(COCC=O)COCC=O. The van der Waals surface area contributed by atoms with Crippen LogP contribution in [0.1, 0.15) is 6.92 Å². The molecule has 0 spiro atoms. The molecule has 0 fully saturated rings. The van der Waals surface area contributed by atoms with Gasteiger partial charge in [-0.25, -0.2) is 0 Å². The molecular formula is C22H36O12. The van der Waals surface area contributed by atoms with Gasteiger partial charge < -0.3 is 57.1 Å². The van der Waals surface area contributed by atoms with Crippen LogP contribution in [0.2, 0.25) is 0 Å². The zero-order chi connectivity index (χ0) is 25.4. The smallest absolute Gasteiger partial charge is 0.145 e. The van der Waals surface area contributed by atoms with Gasteiger partial charge in [-0.1, -0.05) is 0 Å². The second-order valence-corrected chi connectivity index (χ2v) is 7.54. The molecule has 0 bridgehead atoms. The fourth-order valence-corrected chi connectivity index (χ4v) is 2.92. The number of rotatable bonds is 27. The summed E-state index contributed by atoms with van der Waals surface area (Å²) in [4.78, 5) is 53.5. The summed E-state index contributed by atoms with van der Waals surface area (Å²) in [6, 6.07) is 0. The van der Waals surface area contributed by atoms with Crippen molar-refractivity contribution >= 4 is 31.4 Å². The highest BCUT2D eigenvalue weighted by atomic mass is 16.5. The minimum Gasteiger partial charge on any atom is -0.381 e. The Morgan fingerprint density at radius 1 is 0.412 bits per heavy atom. The van der Waals surface area contributed by atoms with Crippen LogP contribution >= 0.6 is 0 Å². The molecule has 0 aromatic carbocycles. The molecular weight excluding hydrogens is 456 g/mol. The molecule has 0 aliphatic rings. The zero-order valence-electron chi connectivity index (χ0n) is 19.7. The minimum atomic E-state index is -0.945. The van der Waals surface area contributed by atoms with Crippen molar-refractivity contribution in [3.63, 3.8) is 0 Å². The van der Waals surface area contributed by atoms with Gasteiger partial charge in [-0.3, -0.25) is 0 Å². The van der Waals surface area contributed by atoms with Crippen molar-refractivity contribution in [3.8, 4) is 0 Å². The average molecular weight is 493 g/mol. The van der Waals surface area contributed by atoms with Crippen LogP contribution < -0.4 is 0 Å². The number of hydrogen-bond donors (Lipinski definition) is 0. The Hall–Kier alpha value is -1.93. The van der Waals surface area contributed by atoms with Gasteiger partial charge in [0.1, 0.15) is 64.5 Å². The summed E-state index contributed by atoms with van der Waals surface area (Å²) < 4.78 is 38.5. The van der Waals surface area contributed by atoms with E-state index in [1.807, 2.05) is 6.92 Å². The molecule has 0 aliphatic carbocycles. The first kappa shape index (κ1) is 32.1. The summed E-state index contributed by atoms with van der Waals surface area (Å²) in [6.07, 6.45) is 3.00. The highest BCUT2D eigenvalue weighted by Gasteiger charge is 2.36. The third-order valence-corrected chi connectivity index (χ3v) is 4.40. The number of aldehydes is 5. The van der Waals surface area contributed by atoms with Crippen LogP contribution in [0.3, 0.4) is 0 Å². The summed E-state index contributed by atoms with van der Waals surface area (Å²) in [5, 5.41) is 0. The van der Waals surface area contributed by atoms with E-state index in [1.54, 1.807) is 0 Å². The van der Waals surface area contributed by atoms with Crippen LogP contribution in [0, 0.1) is 10.8 Å². The van der Waals surface area contributed by atoms with E-state index in [4.69, 9.17) is 33.2 Å². The van der Waals surface area contributed by atoms with E-state index in [0.29, 0.717) is 38.0 Å². The van der Waals surface area contributed by atoms with E-state index in [2.05, 4.69) is 0 Å². The summed E-state index contributed by atoms with van der Waals surface area (Å²) >= 11 is 0. The molecule has 12 heteroatoms. The largest absolute Gasteiger partial charge is 0.381 e. The minimum absolute atomic E-state index is 0.00118. The lowest BCUT2D eigenvalue weighted by Gasteiger charge is -2.36. The van der Waals surface area contributed by atoms with Crippen molar-refractivity contribution in [2.45, 2.75) is 6.92 Å². The molecule has 0 rings (SSSR count). The molecule has 0 atom stereocenters. The standard InChI is InChI=1S/C22H36O12/c1-2-28-13-21(14-29-8-3-23,15-30-9-4-24)19-34-20-22(16-31-10-5-25,17-32-11-6-26)18-33-12-7-27/h3-7H,2,8-20H2,1H3. The summed E-state index contributed by atoms with van der Waals surface area (Å²) in [7, 11) is 0. The van der Waals surface area contributed by atoms with Crippen LogP contribution in [-0.2, 0) is 57.1 Å². The molecule has 0 unspecified atom stereocenters. The van der Waals surface area contributed by atoms with Crippen LogP contribution in [0.25, 0.3) is 0 Å². The van der Waals surface area contributed by atoms with Crippen LogP contribution in [-0.4, -0.2) is 124 Å². The van der Waals surface area contributed by atoms with Crippen molar-refractivity contribution in [2.24, 2.45) is 10.8 Å². The predicted octanol–water partition coefficient (Wildman–Crippen LogP) is -0.910. The van der Waals surface area contributed by atoms with Gasteiger partial charge in [0.05, 0.1) is 63.7 Å². The Morgan fingerprint density at radius 2 is 0.647 bits per heavy atom. The zero-order valence-corrected chi connectivity index (χ0v) is 19.7. The Labute approximate surface area is 199 Å². The van der Waals surface area contributed by atoms with Crippen LogP contribution in [0.4, 0.5) is 0 Å². The van der Waals surface area contributed by atoms with E-state index in [0.717, 1.165) is 0 Å². The van der Waals surface area contributed by atoms with Gasteiger partial charge in [-0.05, 0) is 6.92 Å². The quantitative estimate of drug-likeness (QED) is 0.103. The van der Waals surface area contributed by atoms with E-state index >= 15 is 0 Å². The van der Waals surface area contributed by atoms with Crippen LogP contribution in [0.15, 0.2) is 0 Å². The van der Waals surface area contributed by atoms with Gasteiger partial charge in [0.25, 0.3) is 0 Å². The second-order valence-electron chi connectivity index (χ2n) is 7.54. The van der Waals surface area contributed by atoms with Crippen molar-refractivity contribution in [1.82, 2.24) is 0 Å². The van der Waals surface area contributed by atoms with E-state index in [-0.39, 0.29) is 85.9 Å². The lowest BCUT2D eigenvalue weighted by Crippen LogP contribution is -2.46. The fourth-order valence-electron chi connectivity index (χ4n) is 2.92. The maximum Gasteiger partial charge on any atom is 0.145 e. The van der Waals surface area contributed by atoms with Gasteiger partial charge in [-0.2, -0.15) is 0 Å². The summed E-state index contributed by atoms with van der Waals surface area (Å²) in [6.45, 7) is 1.74. The molecule has 12 nitrogen and oxygen atoms in total. The fraction of sp³-hybridized carbons (Fsp3) is 0.773. The molecule has 196 valence electrons. The molecule has 0 heterocycles. The Kier molecular flexibility index (Phi) is 20.4. The van der Waals surface area contributed by atoms with Crippen molar-refractivity contribution in [1.29, 1.82) is 0 Å². The molecule has 0 saturated carbocycles. The van der Waals surface area contributed by atoms with E-state index < -0.39 is 10.8 Å². The topological polar surface area (TPSA) is 150 Å². The van der Waals surface area contributed by atoms with E-state index in [1.165, 1.54) is 0 Å². The number of carbonyl (C=O) groups excluding carboxylic acids is 5. The predicted molar refractivity (Wildman–Crippen MR) is 117 cm³/mol. The Balaban J connectivity index is 5.52. The first-order valence-electron chi connectivity index (χ1n) is 10.8. The molecule has 34 heavy (non-hydrogen) atoms. The van der Waals surface area contributed by atoms with Gasteiger partial charge in [0.15, 0.2) is 0 Å². The molecule has 0 radical (unpaired) electrons. The first-order valence-corrected chi connectivity index (χ1v) is 10.8. The highest BCUT2D eigenvalue weighted by Crippen LogP contribution is 2.25. The average Bonchev–Trinajstić information content (AvgIpc) is 2.83. The lowest BCUT2D eigenvalue weighted by atomic mass is 9.90. The maximum atomic E-state index is 10.7. The van der Waals surface area contributed by atoms with Crippen molar-refractivity contribution in [2.75, 3.05) is 92.5 Å². The number of hydrogen-bond acceptors (Lipinski definition) is 12. The normalized spacial score (nSPS) is 11.8. The third kappa shape index (κ3) is 15.1. The monoisotopic (exact) mass is 492 g/mol. The van der Waals surface area contributed by atoms with E-state index in [9.17, 15) is 24.0 Å². The summed E-state index contributed by atoms with van der Waals surface area (Å²) in [5.74, 6) is 0. The maximum absolute atomic E-state index is 10.7. The lowest BCUT2D eigenvalue weighted by molar-refractivity contribution is -0.147. The Morgan fingerprint density at radius 3 is 0.882 bits per heavy atom. The number of carbonyl (C=O) groups is 5. The molecule has 0 saturated heterocycles. The second kappa shape index (κ2) is 21.6. The van der Waals surface area contributed by atoms with Crippen molar-refractivity contribution < 1.29 is 57.1 Å². The molecule has 0 amide bonds. The Bertz CT molecular complexity index is 504. The van der Waals surface area contributed by atoms with Gasteiger partial charge in [-0.15, -0.1) is 0 Å². The molecule has 0 N–H and O–H groups in total. The molecule has 0 aliphatic heterocycles. The van der Waals surface area contributed by atoms with Gasteiger partial charge in [0.2, 0.25) is 0 Å². The molecule has 0 aromatic heterocycles.